The summed E-state index contributed by atoms with van der Waals surface area (Å²) in [7, 11) is 0. The number of amides is 1. The normalized spacial score (nSPS) is 12.4. The van der Waals surface area contributed by atoms with E-state index in [0.29, 0.717) is 63.0 Å². The van der Waals surface area contributed by atoms with Gasteiger partial charge in [0, 0.05) is 21.8 Å². The molecule has 0 saturated carbocycles. The molecular formula is C23H15Cl2N3O4S. The van der Waals surface area contributed by atoms with Crippen LogP contribution in [0.3, 0.4) is 0 Å². The van der Waals surface area contributed by atoms with Gasteiger partial charge in [-0.25, -0.2) is 4.98 Å². The van der Waals surface area contributed by atoms with Crippen LogP contribution in [0.1, 0.15) is 10.4 Å². The highest BCUT2D eigenvalue weighted by atomic mass is 35.5. The molecule has 1 aliphatic heterocycles. The molecular weight excluding hydrogens is 485 g/mol. The Morgan fingerprint density at radius 1 is 0.970 bits per heavy atom. The average Bonchev–Trinajstić information content (AvgIpc) is 3.23. The Bertz CT molecular complexity index is 1390. The van der Waals surface area contributed by atoms with E-state index in [4.69, 9.17) is 49.3 Å². The van der Waals surface area contributed by atoms with Crippen LogP contribution in [0, 0.1) is 0 Å². The lowest BCUT2D eigenvalue weighted by Gasteiger charge is -2.18. The zero-order chi connectivity index (χ0) is 22.9. The second kappa shape index (κ2) is 8.90. The number of carbonyl (C=O) groups is 1. The molecule has 4 aromatic rings. The molecule has 0 unspecified atom stereocenters. The van der Waals surface area contributed by atoms with Gasteiger partial charge in [-0.15, -0.1) is 0 Å². The lowest BCUT2D eigenvalue weighted by atomic mass is 10.2. The fourth-order valence-electron chi connectivity index (χ4n) is 3.30. The molecule has 1 amide bonds. The number of benzene rings is 3. The van der Waals surface area contributed by atoms with E-state index in [1.54, 1.807) is 42.5 Å². The second-order valence-corrected chi connectivity index (χ2v) is 8.35. The van der Waals surface area contributed by atoms with Crippen molar-refractivity contribution < 1.29 is 18.7 Å². The molecule has 10 heteroatoms. The van der Waals surface area contributed by atoms with Crippen molar-refractivity contribution in [2.75, 3.05) is 18.5 Å². The van der Waals surface area contributed by atoms with Gasteiger partial charge in [-0.1, -0.05) is 23.2 Å². The van der Waals surface area contributed by atoms with Crippen LogP contribution in [0.15, 0.2) is 59.0 Å². The van der Waals surface area contributed by atoms with E-state index in [1.807, 2.05) is 12.1 Å². The van der Waals surface area contributed by atoms with Gasteiger partial charge in [0.25, 0.3) is 5.91 Å². The molecule has 0 spiro atoms. The Morgan fingerprint density at radius 3 is 2.52 bits per heavy atom. The Balaban J connectivity index is 1.25. The molecule has 0 radical (unpaired) electrons. The summed E-state index contributed by atoms with van der Waals surface area (Å²) in [4.78, 5) is 17.0. The van der Waals surface area contributed by atoms with Gasteiger partial charge in [0.05, 0.1) is 5.02 Å². The summed E-state index contributed by atoms with van der Waals surface area (Å²) in [5.74, 6) is 1.20. The van der Waals surface area contributed by atoms with Gasteiger partial charge >= 0.3 is 0 Å². The van der Waals surface area contributed by atoms with Gasteiger partial charge in [0.15, 0.2) is 22.2 Å². The average molecular weight is 500 g/mol. The molecule has 0 saturated heterocycles. The SMILES string of the molecule is O=C(NC(=S)Nc1ccc(-c2nc3cc(Cl)cc(Cl)c3o2)cc1)c1ccc2c(c1)OCCO2. The number of carbonyl (C=O) groups excluding carboxylic acids is 1. The largest absolute Gasteiger partial charge is 0.486 e. The molecule has 33 heavy (non-hydrogen) atoms. The smallest absolute Gasteiger partial charge is 0.257 e. The van der Waals surface area contributed by atoms with Gasteiger partial charge in [-0.05, 0) is 66.8 Å². The number of oxazole rings is 1. The molecule has 0 fully saturated rings. The zero-order valence-corrected chi connectivity index (χ0v) is 19.2. The van der Waals surface area contributed by atoms with Crippen molar-refractivity contribution >= 4 is 63.2 Å². The summed E-state index contributed by atoms with van der Waals surface area (Å²) in [6.07, 6.45) is 0. The Hall–Kier alpha value is -3.33. The maximum Gasteiger partial charge on any atom is 0.257 e. The molecule has 7 nitrogen and oxygen atoms in total. The minimum Gasteiger partial charge on any atom is -0.486 e. The number of rotatable bonds is 3. The molecule has 2 heterocycles. The third-order valence-corrected chi connectivity index (χ3v) is 5.53. The van der Waals surface area contributed by atoms with Gasteiger partial charge < -0.3 is 19.2 Å². The maximum absolute atomic E-state index is 12.5. The first kappa shape index (κ1) is 21.5. The molecule has 1 aromatic heterocycles. The third-order valence-electron chi connectivity index (χ3n) is 4.83. The maximum atomic E-state index is 12.5. The minimum atomic E-state index is -0.358. The molecule has 0 aliphatic carbocycles. The predicted octanol–water partition coefficient (Wildman–Crippen LogP) is 5.70. The van der Waals surface area contributed by atoms with Crippen LogP contribution in [-0.4, -0.2) is 29.2 Å². The Morgan fingerprint density at radius 2 is 1.73 bits per heavy atom. The van der Waals surface area contributed by atoms with Crippen molar-refractivity contribution in [3.8, 4) is 23.0 Å². The lowest BCUT2D eigenvalue weighted by molar-refractivity contribution is 0.0976. The summed E-state index contributed by atoms with van der Waals surface area (Å²) >= 11 is 17.5. The number of halogens is 2. The molecule has 2 N–H and O–H groups in total. The predicted molar refractivity (Wildman–Crippen MR) is 131 cm³/mol. The van der Waals surface area contributed by atoms with Gasteiger partial charge in [0.1, 0.15) is 18.7 Å². The van der Waals surface area contributed by atoms with E-state index in [2.05, 4.69) is 15.6 Å². The minimum absolute atomic E-state index is 0.158. The van der Waals surface area contributed by atoms with Crippen LogP contribution in [0.2, 0.25) is 10.0 Å². The zero-order valence-electron chi connectivity index (χ0n) is 16.9. The highest BCUT2D eigenvalue weighted by Gasteiger charge is 2.16. The first-order chi connectivity index (χ1) is 16.0. The molecule has 5 rings (SSSR count). The van der Waals surface area contributed by atoms with Crippen LogP contribution < -0.4 is 20.1 Å². The fourth-order valence-corrected chi connectivity index (χ4v) is 4.03. The van der Waals surface area contributed by atoms with Crippen LogP contribution in [0.5, 0.6) is 11.5 Å². The monoisotopic (exact) mass is 499 g/mol. The Labute approximate surface area is 203 Å². The molecule has 166 valence electrons. The van der Waals surface area contributed by atoms with Gasteiger partial charge in [-0.2, -0.15) is 0 Å². The standard InChI is InChI=1S/C23H15Cl2N3O4S/c24-14-10-16(25)20-17(11-14)27-22(32-20)12-1-4-15(5-2-12)26-23(33)28-21(29)13-3-6-18-19(9-13)31-8-7-30-18/h1-6,9-11H,7-8H2,(H2,26,28,29,33). The van der Waals surface area contributed by atoms with Gasteiger partial charge in [0.2, 0.25) is 5.89 Å². The molecule has 0 bridgehead atoms. The third kappa shape index (κ3) is 4.59. The highest BCUT2D eigenvalue weighted by molar-refractivity contribution is 7.80. The second-order valence-electron chi connectivity index (χ2n) is 7.10. The molecule has 3 aromatic carbocycles. The number of hydrogen-bond donors (Lipinski definition) is 2. The first-order valence-electron chi connectivity index (χ1n) is 9.84. The number of fused-ring (bicyclic) bond motifs is 2. The number of aromatic nitrogens is 1. The summed E-state index contributed by atoms with van der Waals surface area (Å²) in [5.41, 5.74) is 2.89. The van der Waals surface area contributed by atoms with Crippen molar-refractivity contribution in [1.82, 2.24) is 10.3 Å². The number of nitrogens with one attached hydrogen (secondary N) is 2. The first-order valence-corrected chi connectivity index (χ1v) is 11.0. The van der Waals surface area contributed by atoms with Crippen molar-refractivity contribution in [3.05, 3.63) is 70.2 Å². The summed E-state index contributed by atoms with van der Waals surface area (Å²) in [6, 6.07) is 15.5. The lowest BCUT2D eigenvalue weighted by Crippen LogP contribution is -2.34. The number of nitrogens with zero attached hydrogens (tertiary/aromatic N) is 1. The van der Waals surface area contributed by atoms with E-state index < -0.39 is 0 Å². The van der Waals surface area contributed by atoms with E-state index in [9.17, 15) is 4.79 Å². The quantitative estimate of drug-likeness (QED) is 0.349. The van der Waals surface area contributed by atoms with Crippen LogP contribution in [0.4, 0.5) is 5.69 Å². The van der Waals surface area contributed by atoms with E-state index in [1.165, 1.54) is 0 Å². The number of hydrogen-bond acceptors (Lipinski definition) is 6. The summed E-state index contributed by atoms with van der Waals surface area (Å²) in [6.45, 7) is 0.929. The van der Waals surface area contributed by atoms with Crippen LogP contribution in [-0.2, 0) is 0 Å². The summed E-state index contributed by atoms with van der Waals surface area (Å²) < 4.78 is 16.8. The number of ether oxygens (including phenoxy) is 2. The molecule has 1 aliphatic rings. The number of anilines is 1. The van der Waals surface area contributed by atoms with Crippen molar-refractivity contribution in [3.63, 3.8) is 0 Å². The topological polar surface area (TPSA) is 85.6 Å². The molecule has 0 atom stereocenters. The van der Waals surface area contributed by atoms with Crippen molar-refractivity contribution in [2.24, 2.45) is 0 Å². The van der Waals surface area contributed by atoms with Crippen molar-refractivity contribution in [1.29, 1.82) is 0 Å². The summed E-state index contributed by atoms with van der Waals surface area (Å²) in [5, 5.41) is 6.67. The highest BCUT2D eigenvalue weighted by Crippen LogP contribution is 2.32. The Kier molecular flexibility index (Phi) is 5.80. The van der Waals surface area contributed by atoms with E-state index >= 15 is 0 Å². The van der Waals surface area contributed by atoms with E-state index in [0.717, 1.165) is 5.56 Å². The van der Waals surface area contributed by atoms with Crippen LogP contribution in [0.25, 0.3) is 22.6 Å². The fraction of sp³-hybridized carbons (Fsp3) is 0.0870. The van der Waals surface area contributed by atoms with Crippen LogP contribution >= 0.6 is 35.4 Å². The van der Waals surface area contributed by atoms with Crippen molar-refractivity contribution in [2.45, 2.75) is 0 Å². The van der Waals surface area contributed by atoms with Gasteiger partial charge in [-0.3, -0.25) is 10.1 Å². The van der Waals surface area contributed by atoms with E-state index in [-0.39, 0.29) is 11.0 Å². The number of thiocarbonyl (C=S) groups is 1.